The van der Waals surface area contributed by atoms with Crippen molar-refractivity contribution in [2.75, 3.05) is 13.1 Å². The van der Waals surface area contributed by atoms with Crippen LogP contribution in [0, 0.1) is 12.7 Å². The quantitative estimate of drug-likeness (QED) is 0.944. The third-order valence-corrected chi connectivity index (χ3v) is 3.84. The molecule has 1 atom stereocenters. The molecule has 2 aromatic rings. The molecule has 0 radical (unpaired) electrons. The highest BCUT2D eigenvalue weighted by Crippen LogP contribution is 2.23. The zero-order valence-corrected chi connectivity index (χ0v) is 12.1. The minimum Gasteiger partial charge on any atom is -0.441 e. The van der Waals surface area contributed by atoms with Crippen LogP contribution in [0.2, 0.25) is 0 Å². The van der Waals surface area contributed by atoms with Crippen LogP contribution in [0.25, 0.3) is 11.5 Å². The van der Waals surface area contributed by atoms with Crippen molar-refractivity contribution in [3.8, 4) is 11.5 Å². The van der Waals surface area contributed by atoms with Crippen molar-refractivity contribution < 1.29 is 13.9 Å². The van der Waals surface area contributed by atoms with Gasteiger partial charge in [0.05, 0.1) is 11.8 Å². The molecule has 1 aromatic heterocycles. The van der Waals surface area contributed by atoms with Crippen LogP contribution in [-0.4, -0.2) is 34.2 Å². The van der Waals surface area contributed by atoms with Crippen LogP contribution in [0.1, 0.15) is 24.3 Å². The molecule has 1 fully saturated rings. The number of aromatic nitrogens is 1. The summed E-state index contributed by atoms with van der Waals surface area (Å²) < 4.78 is 18.6. The van der Waals surface area contributed by atoms with E-state index in [1.807, 2.05) is 6.92 Å². The Bertz CT molecular complexity index is 609. The maximum Gasteiger partial charge on any atom is 0.226 e. The van der Waals surface area contributed by atoms with Gasteiger partial charge in [-0.1, -0.05) is 0 Å². The van der Waals surface area contributed by atoms with E-state index in [1.165, 1.54) is 12.1 Å². The van der Waals surface area contributed by atoms with E-state index in [1.54, 1.807) is 12.1 Å². The summed E-state index contributed by atoms with van der Waals surface area (Å²) in [6.45, 7) is 4.21. The number of hydrogen-bond donors (Lipinski definition) is 1. The first-order valence-electron chi connectivity index (χ1n) is 7.24. The molecule has 21 heavy (non-hydrogen) atoms. The van der Waals surface area contributed by atoms with Crippen molar-refractivity contribution in [3.05, 3.63) is 41.5 Å². The summed E-state index contributed by atoms with van der Waals surface area (Å²) in [6.07, 6.45) is 1.63. The second-order valence-corrected chi connectivity index (χ2v) is 5.56. The molecule has 5 heteroatoms. The van der Waals surface area contributed by atoms with Crippen LogP contribution in [0.15, 0.2) is 28.7 Å². The second kappa shape index (κ2) is 5.95. The van der Waals surface area contributed by atoms with E-state index in [9.17, 15) is 9.50 Å². The first kappa shape index (κ1) is 14.2. The first-order chi connectivity index (χ1) is 10.1. The Balaban J connectivity index is 1.76. The van der Waals surface area contributed by atoms with Gasteiger partial charge < -0.3 is 9.52 Å². The summed E-state index contributed by atoms with van der Waals surface area (Å²) in [7, 11) is 0. The Morgan fingerprint density at radius 2 is 2.14 bits per heavy atom. The number of aliphatic hydroxyl groups excluding tert-OH is 1. The topological polar surface area (TPSA) is 49.5 Å². The van der Waals surface area contributed by atoms with Gasteiger partial charge in [-0.3, -0.25) is 4.90 Å². The molecule has 0 aliphatic carbocycles. The maximum atomic E-state index is 13.0. The standard InChI is InChI=1S/C16H19FN2O2/c1-11-15(10-19-8-2-3-14(20)9-19)18-16(21-11)12-4-6-13(17)7-5-12/h4-7,14,20H,2-3,8-10H2,1H3. The molecule has 2 heterocycles. The average molecular weight is 290 g/mol. The highest BCUT2D eigenvalue weighted by Gasteiger charge is 2.20. The SMILES string of the molecule is Cc1oc(-c2ccc(F)cc2)nc1CN1CCCC(O)C1. The lowest BCUT2D eigenvalue weighted by molar-refractivity contribution is 0.0660. The molecule has 3 rings (SSSR count). The predicted molar refractivity (Wildman–Crippen MR) is 77.2 cm³/mol. The van der Waals surface area contributed by atoms with Crippen LogP contribution in [0.3, 0.4) is 0 Å². The van der Waals surface area contributed by atoms with Gasteiger partial charge in [-0.2, -0.15) is 0 Å². The second-order valence-electron chi connectivity index (χ2n) is 5.56. The van der Waals surface area contributed by atoms with Gasteiger partial charge in [-0.25, -0.2) is 9.37 Å². The van der Waals surface area contributed by atoms with Crippen LogP contribution in [-0.2, 0) is 6.54 Å². The summed E-state index contributed by atoms with van der Waals surface area (Å²) in [5, 5.41) is 9.72. The number of piperidine rings is 1. The average Bonchev–Trinajstić information content (AvgIpc) is 2.81. The zero-order valence-electron chi connectivity index (χ0n) is 12.1. The van der Waals surface area contributed by atoms with E-state index >= 15 is 0 Å². The van der Waals surface area contributed by atoms with Gasteiger partial charge in [0.2, 0.25) is 5.89 Å². The lowest BCUT2D eigenvalue weighted by atomic mass is 10.1. The minimum absolute atomic E-state index is 0.248. The monoisotopic (exact) mass is 290 g/mol. The largest absolute Gasteiger partial charge is 0.441 e. The summed E-state index contributed by atoms with van der Waals surface area (Å²) in [6, 6.07) is 6.12. The Morgan fingerprint density at radius 1 is 1.38 bits per heavy atom. The van der Waals surface area contributed by atoms with Crippen LogP contribution >= 0.6 is 0 Å². The van der Waals surface area contributed by atoms with Crippen molar-refractivity contribution in [3.63, 3.8) is 0 Å². The predicted octanol–water partition coefficient (Wildman–Crippen LogP) is 2.75. The van der Waals surface area contributed by atoms with Crippen molar-refractivity contribution in [1.29, 1.82) is 0 Å². The van der Waals surface area contributed by atoms with Crippen LogP contribution < -0.4 is 0 Å². The van der Waals surface area contributed by atoms with E-state index in [-0.39, 0.29) is 11.9 Å². The molecular formula is C16H19FN2O2. The molecule has 0 bridgehead atoms. The van der Waals surface area contributed by atoms with Gasteiger partial charge >= 0.3 is 0 Å². The van der Waals surface area contributed by atoms with Gasteiger partial charge in [0.1, 0.15) is 11.6 Å². The molecular weight excluding hydrogens is 271 g/mol. The van der Waals surface area contributed by atoms with Gasteiger partial charge in [0.15, 0.2) is 0 Å². The van der Waals surface area contributed by atoms with E-state index in [0.717, 1.165) is 36.4 Å². The minimum atomic E-state index is -0.274. The van der Waals surface area contributed by atoms with Crippen molar-refractivity contribution in [2.24, 2.45) is 0 Å². The zero-order chi connectivity index (χ0) is 14.8. The molecule has 4 nitrogen and oxygen atoms in total. The number of aryl methyl sites for hydroxylation is 1. The van der Waals surface area contributed by atoms with Crippen LogP contribution in [0.4, 0.5) is 4.39 Å². The summed E-state index contributed by atoms with van der Waals surface area (Å²) >= 11 is 0. The molecule has 0 amide bonds. The van der Waals surface area contributed by atoms with E-state index in [4.69, 9.17) is 4.42 Å². The molecule has 0 spiro atoms. The highest BCUT2D eigenvalue weighted by molar-refractivity contribution is 5.53. The normalized spacial score (nSPS) is 19.9. The third-order valence-electron chi connectivity index (χ3n) is 3.84. The number of hydrogen-bond acceptors (Lipinski definition) is 4. The Morgan fingerprint density at radius 3 is 2.86 bits per heavy atom. The molecule has 1 aliphatic rings. The van der Waals surface area contributed by atoms with Crippen molar-refractivity contribution >= 4 is 0 Å². The van der Waals surface area contributed by atoms with Gasteiger partial charge in [0, 0.05) is 18.7 Å². The maximum absolute atomic E-state index is 13.0. The molecule has 1 saturated heterocycles. The van der Waals surface area contributed by atoms with Crippen molar-refractivity contribution in [1.82, 2.24) is 9.88 Å². The summed E-state index contributed by atoms with van der Waals surface area (Å²) in [5.41, 5.74) is 1.65. The number of benzene rings is 1. The Kier molecular flexibility index (Phi) is 4.03. The number of aliphatic hydroxyl groups is 1. The van der Waals surface area contributed by atoms with E-state index < -0.39 is 0 Å². The summed E-state index contributed by atoms with van der Waals surface area (Å²) in [4.78, 5) is 6.70. The third kappa shape index (κ3) is 3.31. The van der Waals surface area contributed by atoms with Gasteiger partial charge in [-0.05, 0) is 50.6 Å². The Labute approximate surface area is 123 Å². The fourth-order valence-corrected chi connectivity index (χ4v) is 2.68. The number of oxazole rings is 1. The van der Waals surface area contributed by atoms with Crippen LogP contribution in [0.5, 0.6) is 0 Å². The Hall–Kier alpha value is -1.72. The van der Waals surface area contributed by atoms with E-state index in [2.05, 4.69) is 9.88 Å². The molecule has 112 valence electrons. The highest BCUT2D eigenvalue weighted by atomic mass is 19.1. The van der Waals surface area contributed by atoms with Gasteiger partial charge in [-0.15, -0.1) is 0 Å². The van der Waals surface area contributed by atoms with Gasteiger partial charge in [0.25, 0.3) is 0 Å². The number of rotatable bonds is 3. The number of nitrogens with zero attached hydrogens (tertiary/aromatic N) is 2. The summed E-state index contributed by atoms with van der Waals surface area (Å²) in [5.74, 6) is 1.01. The lowest BCUT2D eigenvalue weighted by Crippen LogP contribution is -2.37. The molecule has 1 unspecified atom stereocenters. The number of halogens is 1. The fraction of sp³-hybridized carbons (Fsp3) is 0.438. The lowest BCUT2D eigenvalue weighted by Gasteiger charge is -2.29. The molecule has 0 saturated carbocycles. The molecule has 1 aliphatic heterocycles. The first-order valence-corrected chi connectivity index (χ1v) is 7.24. The van der Waals surface area contributed by atoms with E-state index in [0.29, 0.717) is 19.0 Å². The fourth-order valence-electron chi connectivity index (χ4n) is 2.68. The number of likely N-dealkylation sites (tertiary alicyclic amines) is 1. The molecule has 1 aromatic carbocycles. The smallest absolute Gasteiger partial charge is 0.226 e. The molecule has 1 N–H and O–H groups in total. The number of β-amino-alcohol motifs (C(OH)–C–C–N with tert-alkyl or cyclic N) is 1. The van der Waals surface area contributed by atoms with Crippen molar-refractivity contribution in [2.45, 2.75) is 32.4 Å².